The van der Waals surface area contributed by atoms with Crippen LogP contribution in [0.3, 0.4) is 0 Å². The summed E-state index contributed by atoms with van der Waals surface area (Å²) in [7, 11) is 0. The summed E-state index contributed by atoms with van der Waals surface area (Å²) in [5.74, 6) is -5.44. The smallest absolute Gasteiger partial charge is 0.195 e. The zero-order valence-electron chi connectivity index (χ0n) is 7.67. The predicted octanol–water partition coefficient (Wildman–Crippen LogP) is 1.19. The van der Waals surface area contributed by atoms with E-state index in [0.717, 1.165) is 0 Å². The Hall–Kier alpha value is -1.27. The molecule has 1 atom stereocenters. The minimum Gasteiger partial charge on any atom is -0.507 e. The molecular weight excluding hydrogens is 211 g/mol. The van der Waals surface area contributed by atoms with Crippen molar-refractivity contribution in [3.63, 3.8) is 0 Å². The standard InChI is InChI=1S/C9H10F3NO2/c10-4-3-6(15)7(5(13)1-2-14)9(12)8(4)11/h3,5,14-15H,1-2,13H2/t5-/m0/s1. The molecule has 0 bridgehead atoms. The highest BCUT2D eigenvalue weighted by atomic mass is 19.2. The number of phenols is 1. The summed E-state index contributed by atoms with van der Waals surface area (Å²) in [6, 6.07) is -0.629. The number of benzene rings is 1. The topological polar surface area (TPSA) is 66.5 Å². The first-order valence-corrected chi connectivity index (χ1v) is 4.21. The van der Waals surface area contributed by atoms with Gasteiger partial charge in [-0.2, -0.15) is 0 Å². The average Bonchev–Trinajstić information content (AvgIpc) is 2.15. The first-order chi connectivity index (χ1) is 6.99. The van der Waals surface area contributed by atoms with E-state index in [1.165, 1.54) is 0 Å². The maximum Gasteiger partial charge on any atom is 0.195 e. The third-order valence-electron chi connectivity index (χ3n) is 1.99. The number of hydrogen-bond acceptors (Lipinski definition) is 3. The Balaban J connectivity index is 3.23. The summed E-state index contributed by atoms with van der Waals surface area (Å²) in [5, 5.41) is 17.7. The SMILES string of the molecule is N[C@@H](CCO)c1c(O)cc(F)c(F)c1F. The molecule has 0 unspecified atom stereocenters. The molecule has 0 fully saturated rings. The number of rotatable bonds is 3. The maximum atomic E-state index is 13.2. The largest absolute Gasteiger partial charge is 0.507 e. The van der Waals surface area contributed by atoms with Crippen molar-refractivity contribution >= 4 is 0 Å². The van der Waals surface area contributed by atoms with Gasteiger partial charge in [-0.15, -0.1) is 0 Å². The molecule has 1 aromatic rings. The van der Waals surface area contributed by atoms with E-state index in [0.29, 0.717) is 6.07 Å². The Morgan fingerprint density at radius 3 is 2.40 bits per heavy atom. The Kier molecular flexibility index (Phi) is 3.54. The molecule has 0 spiro atoms. The molecule has 0 amide bonds. The lowest BCUT2D eigenvalue weighted by molar-refractivity contribution is 0.273. The van der Waals surface area contributed by atoms with Crippen molar-refractivity contribution in [2.24, 2.45) is 5.73 Å². The van der Waals surface area contributed by atoms with Crippen LogP contribution in [0.5, 0.6) is 5.75 Å². The van der Waals surface area contributed by atoms with E-state index in [1.54, 1.807) is 0 Å². The molecule has 1 aromatic carbocycles. The van der Waals surface area contributed by atoms with Crippen LogP contribution in [0.4, 0.5) is 13.2 Å². The molecule has 0 aliphatic heterocycles. The third-order valence-corrected chi connectivity index (χ3v) is 1.99. The van der Waals surface area contributed by atoms with Crippen LogP contribution in [0.15, 0.2) is 6.07 Å². The van der Waals surface area contributed by atoms with Crippen LogP contribution in [0.2, 0.25) is 0 Å². The first-order valence-electron chi connectivity index (χ1n) is 4.21. The summed E-state index contributed by atoms with van der Waals surface area (Å²) < 4.78 is 38.6. The summed E-state index contributed by atoms with van der Waals surface area (Å²) in [6.45, 7) is -0.348. The van der Waals surface area contributed by atoms with E-state index in [1.807, 2.05) is 0 Å². The fraction of sp³-hybridized carbons (Fsp3) is 0.333. The van der Waals surface area contributed by atoms with Gasteiger partial charge in [-0.25, -0.2) is 13.2 Å². The summed E-state index contributed by atoms with van der Waals surface area (Å²) >= 11 is 0. The minimum atomic E-state index is -1.68. The van der Waals surface area contributed by atoms with Gasteiger partial charge in [-0.05, 0) is 6.42 Å². The van der Waals surface area contributed by atoms with Crippen molar-refractivity contribution in [3.8, 4) is 5.75 Å². The molecule has 1 rings (SSSR count). The second-order valence-electron chi connectivity index (χ2n) is 3.04. The van der Waals surface area contributed by atoms with Crippen LogP contribution in [0, 0.1) is 17.5 Å². The Labute approximate surface area is 84.0 Å². The van der Waals surface area contributed by atoms with E-state index in [2.05, 4.69) is 0 Å². The Morgan fingerprint density at radius 2 is 1.87 bits per heavy atom. The molecule has 0 aromatic heterocycles. The number of aliphatic hydroxyl groups is 1. The van der Waals surface area contributed by atoms with Crippen LogP contribution in [-0.2, 0) is 0 Å². The number of hydrogen-bond donors (Lipinski definition) is 3. The number of phenolic OH excluding ortho intramolecular Hbond substituents is 1. The zero-order valence-corrected chi connectivity index (χ0v) is 7.67. The van der Waals surface area contributed by atoms with Crippen molar-refractivity contribution in [1.82, 2.24) is 0 Å². The lowest BCUT2D eigenvalue weighted by Gasteiger charge is -2.13. The van der Waals surface area contributed by atoms with Crippen LogP contribution in [0.1, 0.15) is 18.0 Å². The van der Waals surface area contributed by atoms with Gasteiger partial charge in [0.05, 0.1) is 0 Å². The second-order valence-corrected chi connectivity index (χ2v) is 3.04. The van der Waals surface area contributed by atoms with E-state index < -0.39 is 34.8 Å². The van der Waals surface area contributed by atoms with E-state index in [4.69, 9.17) is 10.8 Å². The molecule has 0 saturated heterocycles. The van der Waals surface area contributed by atoms with Crippen molar-refractivity contribution in [3.05, 3.63) is 29.1 Å². The van der Waals surface area contributed by atoms with Crippen molar-refractivity contribution < 1.29 is 23.4 Å². The van der Waals surface area contributed by atoms with Gasteiger partial charge in [0, 0.05) is 24.3 Å². The molecule has 0 heterocycles. The summed E-state index contributed by atoms with van der Waals surface area (Å²) in [6.07, 6.45) is -0.0600. The zero-order chi connectivity index (χ0) is 11.6. The van der Waals surface area contributed by atoms with Gasteiger partial charge in [-0.1, -0.05) is 0 Å². The highest BCUT2D eigenvalue weighted by Gasteiger charge is 2.22. The summed E-state index contributed by atoms with van der Waals surface area (Å²) in [5.41, 5.74) is 4.85. The van der Waals surface area contributed by atoms with Gasteiger partial charge in [0.1, 0.15) is 5.75 Å². The Bertz CT molecular complexity index is 371. The average molecular weight is 221 g/mol. The van der Waals surface area contributed by atoms with Gasteiger partial charge in [-0.3, -0.25) is 0 Å². The molecule has 3 nitrogen and oxygen atoms in total. The van der Waals surface area contributed by atoms with Gasteiger partial charge >= 0.3 is 0 Å². The monoisotopic (exact) mass is 221 g/mol. The van der Waals surface area contributed by atoms with Crippen LogP contribution >= 0.6 is 0 Å². The Morgan fingerprint density at radius 1 is 1.27 bits per heavy atom. The summed E-state index contributed by atoms with van der Waals surface area (Å²) in [4.78, 5) is 0. The second kappa shape index (κ2) is 4.50. The number of aliphatic hydroxyl groups excluding tert-OH is 1. The fourth-order valence-corrected chi connectivity index (χ4v) is 1.23. The predicted molar refractivity (Wildman–Crippen MR) is 46.6 cm³/mol. The first kappa shape index (κ1) is 11.8. The normalized spacial score (nSPS) is 12.9. The maximum absolute atomic E-state index is 13.2. The highest BCUT2D eigenvalue weighted by Crippen LogP contribution is 2.30. The van der Waals surface area contributed by atoms with Gasteiger partial charge in [0.2, 0.25) is 0 Å². The molecule has 4 N–H and O–H groups in total. The van der Waals surface area contributed by atoms with Crippen LogP contribution in [0.25, 0.3) is 0 Å². The minimum absolute atomic E-state index is 0.0600. The molecule has 0 aliphatic rings. The van der Waals surface area contributed by atoms with Gasteiger partial charge in [0.25, 0.3) is 0 Å². The number of aromatic hydroxyl groups is 1. The fourth-order valence-electron chi connectivity index (χ4n) is 1.23. The van der Waals surface area contributed by atoms with Crippen molar-refractivity contribution in [1.29, 1.82) is 0 Å². The van der Waals surface area contributed by atoms with Crippen LogP contribution < -0.4 is 5.73 Å². The molecular formula is C9H10F3NO2. The molecule has 0 aliphatic carbocycles. The van der Waals surface area contributed by atoms with Crippen molar-refractivity contribution in [2.75, 3.05) is 6.61 Å². The van der Waals surface area contributed by atoms with E-state index >= 15 is 0 Å². The van der Waals surface area contributed by atoms with E-state index in [-0.39, 0.29) is 13.0 Å². The third kappa shape index (κ3) is 2.21. The van der Waals surface area contributed by atoms with E-state index in [9.17, 15) is 18.3 Å². The molecule has 15 heavy (non-hydrogen) atoms. The lowest BCUT2D eigenvalue weighted by Crippen LogP contribution is -2.15. The van der Waals surface area contributed by atoms with Crippen molar-refractivity contribution in [2.45, 2.75) is 12.5 Å². The lowest BCUT2D eigenvalue weighted by atomic mass is 10.0. The molecule has 0 saturated carbocycles. The van der Waals surface area contributed by atoms with Gasteiger partial charge in [0.15, 0.2) is 17.5 Å². The number of nitrogens with two attached hydrogens (primary N) is 1. The molecule has 6 heteroatoms. The van der Waals surface area contributed by atoms with Gasteiger partial charge < -0.3 is 15.9 Å². The van der Waals surface area contributed by atoms with Crippen LogP contribution in [-0.4, -0.2) is 16.8 Å². The molecule has 0 radical (unpaired) electrons. The quantitative estimate of drug-likeness (QED) is 0.672. The number of halogens is 3. The molecule has 84 valence electrons. The highest BCUT2D eigenvalue weighted by molar-refractivity contribution is 5.37.